The summed E-state index contributed by atoms with van der Waals surface area (Å²) in [6.07, 6.45) is 6.22. The molecule has 2 N–H and O–H groups in total. The van der Waals surface area contributed by atoms with Crippen molar-refractivity contribution in [2.45, 2.75) is 11.9 Å². The van der Waals surface area contributed by atoms with Crippen LogP contribution in [0.1, 0.15) is 12.2 Å². The van der Waals surface area contributed by atoms with E-state index < -0.39 is 0 Å². The third-order valence-electron chi connectivity index (χ3n) is 3.01. The van der Waals surface area contributed by atoms with E-state index in [-0.39, 0.29) is 5.50 Å². The monoisotopic (exact) mass is 286 g/mol. The summed E-state index contributed by atoms with van der Waals surface area (Å²) in [7, 11) is 2.00. The van der Waals surface area contributed by atoms with Crippen LogP contribution in [0.5, 0.6) is 0 Å². The van der Waals surface area contributed by atoms with Crippen molar-refractivity contribution in [2.75, 3.05) is 13.6 Å². The fourth-order valence-electron chi connectivity index (χ4n) is 1.99. The molecule has 0 radical (unpaired) electrons. The van der Waals surface area contributed by atoms with Crippen LogP contribution in [0.4, 0.5) is 0 Å². The zero-order chi connectivity index (χ0) is 13.9. The molecule has 0 aromatic carbocycles. The highest BCUT2D eigenvalue weighted by atomic mass is 32.2. The van der Waals surface area contributed by atoms with E-state index in [0.717, 1.165) is 21.8 Å². The Hall–Kier alpha value is -2.04. The Morgan fingerprint density at radius 1 is 1.60 bits per heavy atom. The van der Waals surface area contributed by atoms with E-state index in [9.17, 15) is 0 Å². The van der Waals surface area contributed by atoms with Crippen molar-refractivity contribution in [3.8, 4) is 6.07 Å². The highest BCUT2D eigenvalue weighted by Crippen LogP contribution is 2.36. The summed E-state index contributed by atoms with van der Waals surface area (Å²) in [6, 6.07) is 4.08. The number of rotatable bonds is 4. The Kier molecular flexibility index (Phi) is 3.58. The molecule has 0 saturated carbocycles. The zero-order valence-electron chi connectivity index (χ0n) is 11.0. The van der Waals surface area contributed by atoms with Crippen molar-refractivity contribution in [1.82, 2.24) is 25.2 Å². The summed E-state index contributed by atoms with van der Waals surface area (Å²) < 4.78 is 0. The van der Waals surface area contributed by atoms with Crippen molar-refractivity contribution in [3.63, 3.8) is 0 Å². The Bertz CT molecular complexity index is 685. The van der Waals surface area contributed by atoms with Gasteiger partial charge < -0.3 is 9.88 Å². The van der Waals surface area contributed by atoms with E-state index in [2.05, 4.69) is 31.2 Å². The Balaban J connectivity index is 1.74. The van der Waals surface area contributed by atoms with Gasteiger partial charge in [0.15, 0.2) is 5.82 Å². The van der Waals surface area contributed by atoms with Crippen LogP contribution in [-0.2, 0) is 0 Å². The smallest absolute Gasteiger partial charge is 0.169 e. The standard InChI is InChI=1S/C13H14N6S/c1-19-8-10(20-13(19)16-5-2-4-14)12-17-7-9-3-6-15-11(9)18-12/h3,6-8,13,16H,2,5H2,1H3,(H,15,17,18). The van der Waals surface area contributed by atoms with Crippen LogP contribution in [0.3, 0.4) is 0 Å². The van der Waals surface area contributed by atoms with Gasteiger partial charge in [-0.1, -0.05) is 11.8 Å². The van der Waals surface area contributed by atoms with Gasteiger partial charge in [-0.05, 0) is 6.07 Å². The summed E-state index contributed by atoms with van der Waals surface area (Å²) in [5.41, 5.74) is 0.973. The largest absolute Gasteiger partial charge is 0.355 e. The molecule has 0 aliphatic carbocycles. The molecule has 1 aliphatic rings. The molecule has 1 aliphatic heterocycles. The highest BCUT2D eigenvalue weighted by Gasteiger charge is 2.24. The van der Waals surface area contributed by atoms with Crippen LogP contribution in [0.25, 0.3) is 15.9 Å². The quantitative estimate of drug-likeness (QED) is 0.833. The van der Waals surface area contributed by atoms with E-state index in [0.29, 0.717) is 13.0 Å². The van der Waals surface area contributed by atoms with Crippen molar-refractivity contribution in [2.24, 2.45) is 0 Å². The van der Waals surface area contributed by atoms with Gasteiger partial charge in [-0.2, -0.15) is 5.26 Å². The first-order valence-corrected chi connectivity index (χ1v) is 7.17. The van der Waals surface area contributed by atoms with Crippen molar-refractivity contribution in [1.29, 1.82) is 5.26 Å². The van der Waals surface area contributed by atoms with Crippen molar-refractivity contribution < 1.29 is 0 Å². The third-order valence-corrected chi connectivity index (χ3v) is 4.27. The summed E-state index contributed by atoms with van der Waals surface area (Å²) in [4.78, 5) is 15.1. The normalized spacial score (nSPS) is 18.3. The molecule has 3 heterocycles. The number of H-pyrrole nitrogens is 1. The maximum Gasteiger partial charge on any atom is 0.169 e. The Morgan fingerprint density at radius 3 is 3.35 bits per heavy atom. The van der Waals surface area contributed by atoms with Gasteiger partial charge in [-0.25, -0.2) is 9.97 Å². The molecular weight excluding hydrogens is 272 g/mol. The number of nitrogens with zero attached hydrogens (tertiary/aromatic N) is 4. The topological polar surface area (TPSA) is 80.6 Å². The SMILES string of the molecule is CN1C=C(c2ncc3cc[nH]c3n2)SC1NCCC#N. The molecule has 3 rings (SSSR count). The molecule has 7 heteroatoms. The average Bonchev–Trinajstić information content (AvgIpc) is 3.05. The van der Waals surface area contributed by atoms with E-state index in [4.69, 9.17) is 5.26 Å². The molecule has 2 aromatic rings. The lowest BCUT2D eigenvalue weighted by atomic mass is 10.4. The third kappa shape index (κ3) is 2.48. The number of nitrogens with one attached hydrogen (secondary N) is 2. The van der Waals surface area contributed by atoms with Gasteiger partial charge in [0.05, 0.1) is 11.0 Å². The van der Waals surface area contributed by atoms with Gasteiger partial charge in [0.2, 0.25) is 0 Å². The predicted molar refractivity (Wildman–Crippen MR) is 79.2 cm³/mol. The van der Waals surface area contributed by atoms with Crippen molar-refractivity contribution >= 4 is 27.7 Å². The minimum Gasteiger partial charge on any atom is -0.355 e. The summed E-state index contributed by atoms with van der Waals surface area (Å²) in [5.74, 6) is 0.724. The molecular formula is C13H14N6S. The second kappa shape index (κ2) is 5.53. The van der Waals surface area contributed by atoms with Crippen LogP contribution in [0.2, 0.25) is 0 Å². The molecule has 0 saturated heterocycles. The summed E-state index contributed by atoms with van der Waals surface area (Å²) >= 11 is 1.66. The predicted octanol–water partition coefficient (Wildman–Crippen LogP) is 1.72. The first-order chi connectivity index (χ1) is 9.78. The first kappa shape index (κ1) is 13.0. The summed E-state index contributed by atoms with van der Waals surface area (Å²) in [6.45, 7) is 0.677. The molecule has 20 heavy (non-hydrogen) atoms. The lowest BCUT2D eigenvalue weighted by Gasteiger charge is -2.20. The van der Waals surface area contributed by atoms with Crippen LogP contribution < -0.4 is 5.32 Å². The van der Waals surface area contributed by atoms with Gasteiger partial charge >= 0.3 is 0 Å². The van der Waals surface area contributed by atoms with Gasteiger partial charge in [-0.15, -0.1) is 0 Å². The van der Waals surface area contributed by atoms with E-state index >= 15 is 0 Å². The molecule has 0 amide bonds. The number of hydrogen-bond donors (Lipinski definition) is 2. The molecule has 102 valence electrons. The van der Waals surface area contributed by atoms with E-state index in [1.165, 1.54) is 0 Å². The second-order valence-corrected chi connectivity index (χ2v) is 5.59. The fourth-order valence-corrected chi connectivity index (χ4v) is 3.09. The number of thioether (sulfide) groups is 1. The highest BCUT2D eigenvalue weighted by molar-refractivity contribution is 8.09. The zero-order valence-corrected chi connectivity index (χ0v) is 11.8. The Labute approximate surface area is 120 Å². The van der Waals surface area contributed by atoms with Gasteiger partial charge in [0.1, 0.15) is 11.1 Å². The molecule has 0 bridgehead atoms. The lowest BCUT2D eigenvalue weighted by Crippen LogP contribution is -2.35. The minimum absolute atomic E-state index is 0.126. The number of aromatic amines is 1. The number of fused-ring (bicyclic) bond motifs is 1. The van der Waals surface area contributed by atoms with E-state index in [1.54, 1.807) is 11.8 Å². The number of nitriles is 1. The first-order valence-electron chi connectivity index (χ1n) is 6.29. The maximum absolute atomic E-state index is 8.57. The maximum atomic E-state index is 8.57. The Morgan fingerprint density at radius 2 is 2.50 bits per heavy atom. The summed E-state index contributed by atoms with van der Waals surface area (Å²) in [5, 5.41) is 12.9. The molecule has 1 unspecified atom stereocenters. The molecule has 0 fully saturated rings. The van der Waals surface area contributed by atoms with Crippen molar-refractivity contribution in [3.05, 3.63) is 30.5 Å². The fraction of sp³-hybridized carbons (Fsp3) is 0.308. The average molecular weight is 286 g/mol. The van der Waals surface area contributed by atoms with Crippen LogP contribution >= 0.6 is 11.8 Å². The lowest BCUT2D eigenvalue weighted by molar-refractivity contribution is 0.382. The number of aromatic nitrogens is 3. The molecule has 6 nitrogen and oxygen atoms in total. The van der Waals surface area contributed by atoms with Crippen LogP contribution in [-0.4, -0.2) is 38.9 Å². The molecule has 2 aromatic heterocycles. The van der Waals surface area contributed by atoms with E-state index in [1.807, 2.05) is 31.7 Å². The molecule has 0 spiro atoms. The van der Waals surface area contributed by atoms with Crippen LogP contribution in [0, 0.1) is 11.3 Å². The van der Waals surface area contributed by atoms with Gasteiger partial charge in [0.25, 0.3) is 0 Å². The van der Waals surface area contributed by atoms with Crippen LogP contribution in [0.15, 0.2) is 24.7 Å². The van der Waals surface area contributed by atoms with Gasteiger partial charge in [0, 0.05) is 44.0 Å². The second-order valence-electron chi connectivity index (χ2n) is 4.47. The van der Waals surface area contributed by atoms with Gasteiger partial charge in [-0.3, -0.25) is 5.32 Å². The number of hydrogen-bond acceptors (Lipinski definition) is 6. The minimum atomic E-state index is 0.126. The molecule has 1 atom stereocenters.